The molecule has 0 aromatic carbocycles. The number of unbranched alkanes of at least 4 members (excludes halogenated alkanes) is 2. The standard InChI is InChI=1S/C9H18ClNOS/c1-13-8-4-2-3-7-11-9(12)5-6-10/h2-8H2,1H3,(H,11,12). The number of rotatable bonds is 8. The topological polar surface area (TPSA) is 29.1 Å². The van der Waals surface area contributed by atoms with Gasteiger partial charge in [0.2, 0.25) is 5.91 Å². The zero-order valence-electron chi connectivity index (χ0n) is 8.14. The molecule has 0 rings (SSSR count). The summed E-state index contributed by atoms with van der Waals surface area (Å²) in [5.41, 5.74) is 0. The van der Waals surface area contributed by atoms with Crippen molar-refractivity contribution in [2.45, 2.75) is 25.7 Å². The number of halogens is 1. The van der Waals surface area contributed by atoms with Gasteiger partial charge in [-0.15, -0.1) is 11.6 Å². The summed E-state index contributed by atoms with van der Waals surface area (Å²) in [6, 6.07) is 0. The number of hydrogen-bond donors (Lipinski definition) is 1. The first kappa shape index (κ1) is 13.1. The fourth-order valence-electron chi connectivity index (χ4n) is 0.950. The third-order valence-corrected chi connectivity index (χ3v) is 2.55. The van der Waals surface area contributed by atoms with Crippen LogP contribution in [-0.4, -0.2) is 30.3 Å². The maximum Gasteiger partial charge on any atom is 0.221 e. The van der Waals surface area contributed by atoms with Crippen LogP contribution in [0.4, 0.5) is 0 Å². The predicted molar refractivity (Wildman–Crippen MR) is 60.6 cm³/mol. The number of amides is 1. The van der Waals surface area contributed by atoms with E-state index in [0.717, 1.165) is 13.0 Å². The van der Waals surface area contributed by atoms with Crippen molar-refractivity contribution in [3.05, 3.63) is 0 Å². The largest absolute Gasteiger partial charge is 0.356 e. The molecule has 2 nitrogen and oxygen atoms in total. The molecular formula is C9H18ClNOS. The van der Waals surface area contributed by atoms with Crippen LogP contribution in [0.3, 0.4) is 0 Å². The van der Waals surface area contributed by atoms with Gasteiger partial charge >= 0.3 is 0 Å². The predicted octanol–water partition coefficient (Wildman–Crippen LogP) is 2.26. The Morgan fingerprint density at radius 1 is 1.38 bits per heavy atom. The highest BCUT2D eigenvalue weighted by atomic mass is 35.5. The monoisotopic (exact) mass is 223 g/mol. The molecule has 0 aromatic heterocycles. The van der Waals surface area contributed by atoms with Crippen LogP contribution in [0.25, 0.3) is 0 Å². The lowest BCUT2D eigenvalue weighted by molar-refractivity contribution is -0.120. The highest BCUT2D eigenvalue weighted by Crippen LogP contribution is 2.01. The number of nitrogens with one attached hydrogen (secondary N) is 1. The van der Waals surface area contributed by atoms with Crippen LogP contribution in [0, 0.1) is 0 Å². The van der Waals surface area contributed by atoms with Gasteiger partial charge < -0.3 is 5.32 Å². The van der Waals surface area contributed by atoms with E-state index in [0.29, 0.717) is 12.3 Å². The second-order valence-corrected chi connectivity index (χ2v) is 4.21. The summed E-state index contributed by atoms with van der Waals surface area (Å²) in [5.74, 6) is 1.70. The third-order valence-electron chi connectivity index (χ3n) is 1.67. The zero-order chi connectivity index (χ0) is 9.94. The van der Waals surface area contributed by atoms with E-state index >= 15 is 0 Å². The Morgan fingerprint density at radius 3 is 2.77 bits per heavy atom. The van der Waals surface area contributed by atoms with E-state index in [9.17, 15) is 4.79 Å². The first-order valence-corrected chi connectivity index (χ1v) is 6.55. The highest BCUT2D eigenvalue weighted by molar-refractivity contribution is 7.98. The molecular weight excluding hydrogens is 206 g/mol. The minimum Gasteiger partial charge on any atom is -0.356 e. The van der Waals surface area contributed by atoms with E-state index in [4.69, 9.17) is 11.6 Å². The van der Waals surface area contributed by atoms with E-state index < -0.39 is 0 Å². The van der Waals surface area contributed by atoms with Gasteiger partial charge in [0.05, 0.1) is 0 Å². The normalized spacial score (nSPS) is 10.0. The van der Waals surface area contributed by atoms with Crippen LogP contribution in [0.2, 0.25) is 0 Å². The van der Waals surface area contributed by atoms with E-state index in [-0.39, 0.29) is 5.91 Å². The number of hydrogen-bond acceptors (Lipinski definition) is 2. The quantitative estimate of drug-likeness (QED) is 0.505. The van der Waals surface area contributed by atoms with Gasteiger partial charge in [-0.25, -0.2) is 0 Å². The Bertz CT molecular complexity index is 133. The van der Waals surface area contributed by atoms with Gasteiger partial charge in [-0.3, -0.25) is 4.79 Å². The van der Waals surface area contributed by atoms with E-state index in [1.807, 2.05) is 11.8 Å². The van der Waals surface area contributed by atoms with Crippen molar-refractivity contribution < 1.29 is 4.79 Å². The molecule has 0 aromatic rings. The molecule has 0 aliphatic heterocycles. The van der Waals surface area contributed by atoms with Gasteiger partial charge in [0.15, 0.2) is 0 Å². The van der Waals surface area contributed by atoms with Gasteiger partial charge in [0.25, 0.3) is 0 Å². The Balaban J connectivity index is 3.02. The van der Waals surface area contributed by atoms with Gasteiger partial charge in [-0.1, -0.05) is 6.42 Å². The molecule has 4 heteroatoms. The Morgan fingerprint density at radius 2 is 2.15 bits per heavy atom. The van der Waals surface area contributed by atoms with Crippen molar-refractivity contribution in [3.63, 3.8) is 0 Å². The lowest BCUT2D eigenvalue weighted by atomic mass is 10.2. The summed E-state index contributed by atoms with van der Waals surface area (Å²) in [7, 11) is 0. The molecule has 0 aliphatic carbocycles. The molecule has 0 radical (unpaired) electrons. The van der Waals surface area contributed by atoms with Crippen LogP contribution in [-0.2, 0) is 4.79 Å². The van der Waals surface area contributed by atoms with Crippen molar-refractivity contribution in [1.82, 2.24) is 5.32 Å². The fraction of sp³-hybridized carbons (Fsp3) is 0.889. The minimum atomic E-state index is 0.0693. The van der Waals surface area contributed by atoms with Crippen molar-refractivity contribution in [2.75, 3.05) is 24.4 Å². The van der Waals surface area contributed by atoms with Gasteiger partial charge in [0.1, 0.15) is 0 Å². The number of thioether (sulfide) groups is 1. The van der Waals surface area contributed by atoms with Gasteiger partial charge in [0, 0.05) is 18.8 Å². The summed E-state index contributed by atoms with van der Waals surface area (Å²) in [6.45, 7) is 0.796. The molecule has 0 spiro atoms. The highest BCUT2D eigenvalue weighted by Gasteiger charge is 1.97. The molecule has 1 N–H and O–H groups in total. The molecule has 0 unspecified atom stereocenters. The fourth-order valence-corrected chi connectivity index (χ4v) is 1.61. The van der Waals surface area contributed by atoms with Crippen molar-refractivity contribution >= 4 is 29.3 Å². The second-order valence-electron chi connectivity index (χ2n) is 2.84. The number of carbonyl (C=O) groups excluding carboxylic acids is 1. The smallest absolute Gasteiger partial charge is 0.221 e. The molecule has 0 atom stereocenters. The van der Waals surface area contributed by atoms with Crippen LogP contribution in [0.5, 0.6) is 0 Å². The molecule has 0 saturated heterocycles. The lowest BCUT2D eigenvalue weighted by Crippen LogP contribution is -2.24. The van der Waals surface area contributed by atoms with Gasteiger partial charge in [-0.05, 0) is 24.9 Å². The van der Waals surface area contributed by atoms with Crippen LogP contribution in [0.1, 0.15) is 25.7 Å². The average molecular weight is 224 g/mol. The summed E-state index contributed by atoms with van der Waals surface area (Å²) in [6.07, 6.45) is 6.07. The number of alkyl halides is 1. The SMILES string of the molecule is CSCCCCCNC(=O)CCCl. The summed E-state index contributed by atoms with van der Waals surface area (Å²) < 4.78 is 0. The maximum atomic E-state index is 10.9. The van der Waals surface area contributed by atoms with E-state index in [2.05, 4.69) is 11.6 Å². The first-order chi connectivity index (χ1) is 6.31. The number of carbonyl (C=O) groups is 1. The van der Waals surface area contributed by atoms with E-state index in [1.54, 1.807) is 0 Å². The molecule has 0 bridgehead atoms. The molecule has 0 fully saturated rings. The van der Waals surface area contributed by atoms with Crippen molar-refractivity contribution in [3.8, 4) is 0 Å². The average Bonchev–Trinajstić information content (AvgIpc) is 2.11. The zero-order valence-corrected chi connectivity index (χ0v) is 9.72. The van der Waals surface area contributed by atoms with Crippen LogP contribution in [0.15, 0.2) is 0 Å². The first-order valence-electron chi connectivity index (χ1n) is 4.63. The van der Waals surface area contributed by atoms with Crippen LogP contribution >= 0.6 is 23.4 Å². The summed E-state index contributed by atoms with van der Waals surface area (Å²) >= 11 is 7.28. The molecule has 0 heterocycles. The summed E-state index contributed by atoms with van der Waals surface area (Å²) in [4.78, 5) is 10.9. The van der Waals surface area contributed by atoms with E-state index in [1.165, 1.54) is 18.6 Å². The van der Waals surface area contributed by atoms with Crippen molar-refractivity contribution in [1.29, 1.82) is 0 Å². The second kappa shape index (κ2) is 10.2. The molecule has 0 aliphatic rings. The lowest BCUT2D eigenvalue weighted by Gasteiger charge is -2.02. The molecule has 78 valence electrons. The van der Waals surface area contributed by atoms with Gasteiger partial charge in [-0.2, -0.15) is 11.8 Å². The minimum absolute atomic E-state index is 0.0693. The maximum absolute atomic E-state index is 10.9. The van der Waals surface area contributed by atoms with Crippen LogP contribution < -0.4 is 5.32 Å². The molecule has 0 saturated carbocycles. The Hall–Kier alpha value is 0.110. The Kier molecular flexibility index (Phi) is 10.3. The Labute approximate surface area is 89.8 Å². The molecule has 13 heavy (non-hydrogen) atoms. The van der Waals surface area contributed by atoms with Crippen molar-refractivity contribution in [2.24, 2.45) is 0 Å². The third kappa shape index (κ3) is 10.0. The summed E-state index contributed by atoms with van der Waals surface area (Å²) in [5, 5.41) is 2.83. The molecule has 1 amide bonds.